The minimum Gasteiger partial charge on any atom is -0.466 e. The lowest BCUT2D eigenvalue weighted by Crippen LogP contribution is -2.20. The van der Waals surface area contributed by atoms with Gasteiger partial charge < -0.3 is 14.2 Å². The third kappa shape index (κ3) is 3.18. The molecule has 0 aromatic heterocycles. The van der Waals surface area contributed by atoms with Crippen LogP contribution in [-0.4, -0.2) is 31.1 Å². The van der Waals surface area contributed by atoms with Gasteiger partial charge in [-0.25, -0.2) is 4.79 Å². The number of esters is 1. The SMILES string of the molecule is C=C[C@H]1OC(C)(C)O[C@H]1/C=C/C(=O)OC. The molecule has 4 nitrogen and oxygen atoms in total. The fourth-order valence-electron chi connectivity index (χ4n) is 1.39. The van der Waals surface area contributed by atoms with Crippen LogP contribution in [0.2, 0.25) is 0 Å². The van der Waals surface area contributed by atoms with Gasteiger partial charge in [0.05, 0.1) is 7.11 Å². The van der Waals surface area contributed by atoms with E-state index in [9.17, 15) is 4.79 Å². The number of hydrogen-bond acceptors (Lipinski definition) is 4. The molecule has 0 saturated carbocycles. The van der Waals surface area contributed by atoms with Crippen molar-refractivity contribution >= 4 is 5.97 Å². The zero-order valence-corrected chi connectivity index (χ0v) is 9.23. The van der Waals surface area contributed by atoms with E-state index in [-0.39, 0.29) is 12.2 Å². The number of carbonyl (C=O) groups excluding carboxylic acids is 1. The molecule has 1 heterocycles. The van der Waals surface area contributed by atoms with E-state index in [1.54, 1.807) is 12.2 Å². The zero-order valence-electron chi connectivity index (χ0n) is 9.23. The summed E-state index contributed by atoms with van der Waals surface area (Å²) in [5.41, 5.74) is 0. The molecule has 0 radical (unpaired) electrons. The third-order valence-corrected chi connectivity index (χ3v) is 2.02. The van der Waals surface area contributed by atoms with Gasteiger partial charge in [-0.1, -0.05) is 6.08 Å². The molecule has 0 aliphatic carbocycles. The number of methoxy groups -OCH3 is 1. The van der Waals surface area contributed by atoms with Crippen molar-refractivity contribution in [1.29, 1.82) is 0 Å². The van der Waals surface area contributed by atoms with Crippen molar-refractivity contribution < 1.29 is 19.0 Å². The molecule has 0 bridgehead atoms. The monoisotopic (exact) mass is 212 g/mol. The maximum absolute atomic E-state index is 10.9. The second kappa shape index (κ2) is 4.59. The molecule has 0 amide bonds. The van der Waals surface area contributed by atoms with Crippen molar-refractivity contribution in [2.45, 2.75) is 31.8 Å². The molecular weight excluding hydrogens is 196 g/mol. The van der Waals surface area contributed by atoms with Crippen LogP contribution in [0.1, 0.15) is 13.8 Å². The van der Waals surface area contributed by atoms with Gasteiger partial charge >= 0.3 is 5.97 Å². The summed E-state index contributed by atoms with van der Waals surface area (Å²) < 4.78 is 15.6. The molecule has 0 aromatic carbocycles. The molecule has 1 rings (SSSR count). The summed E-state index contributed by atoms with van der Waals surface area (Å²) >= 11 is 0. The minimum absolute atomic E-state index is 0.235. The number of ether oxygens (including phenoxy) is 3. The molecule has 1 aliphatic heterocycles. The Morgan fingerprint density at radius 3 is 2.53 bits per heavy atom. The van der Waals surface area contributed by atoms with Gasteiger partial charge in [0.25, 0.3) is 0 Å². The summed E-state index contributed by atoms with van der Waals surface area (Å²) in [6.45, 7) is 7.28. The fourth-order valence-corrected chi connectivity index (χ4v) is 1.39. The zero-order chi connectivity index (χ0) is 11.5. The molecule has 1 fully saturated rings. The second-order valence-corrected chi connectivity index (χ2v) is 3.68. The Balaban J connectivity index is 2.65. The van der Waals surface area contributed by atoms with Gasteiger partial charge in [0.15, 0.2) is 5.79 Å². The van der Waals surface area contributed by atoms with Crippen LogP contribution in [0.25, 0.3) is 0 Å². The Bertz CT molecular complexity index is 280. The van der Waals surface area contributed by atoms with Gasteiger partial charge in [0.1, 0.15) is 12.2 Å². The lowest BCUT2D eigenvalue weighted by Gasteiger charge is -2.15. The van der Waals surface area contributed by atoms with E-state index in [2.05, 4.69) is 11.3 Å². The van der Waals surface area contributed by atoms with Crippen LogP contribution >= 0.6 is 0 Å². The Kier molecular flexibility index (Phi) is 3.66. The molecular formula is C11H16O4. The van der Waals surface area contributed by atoms with Gasteiger partial charge in [0.2, 0.25) is 0 Å². The lowest BCUT2D eigenvalue weighted by atomic mass is 10.2. The van der Waals surface area contributed by atoms with Gasteiger partial charge in [-0.05, 0) is 19.9 Å². The summed E-state index contributed by atoms with van der Waals surface area (Å²) in [4.78, 5) is 10.9. The van der Waals surface area contributed by atoms with Crippen molar-refractivity contribution in [3.05, 3.63) is 24.8 Å². The smallest absolute Gasteiger partial charge is 0.330 e. The highest BCUT2D eigenvalue weighted by Crippen LogP contribution is 2.29. The predicted molar refractivity (Wildman–Crippen MR) is 55.2 cm³/mol. The largest absolute Gasteiger partial charge is 0.466 e. The Labute approximate surface area is 89.5 Å². The Morgan fingerprint density at radius 2 is 2.00 bits per heavy atom. The molecule has 15 heavy (non-hydrogen) atoms. The van der Waals surface area contributed by atoms with Crippen molar-refractivity contribution in [2.24, 2.45) is 0 Å². The van der Waals surface area contributed by atoms with Gasteiger partial charge in [-0.2, -0.15) is 0 Å². The van der Waals surface area contributed by atoms with Gasteiger partial charge in [0, 0.05) is 6.08 Å². The van der Waals surface area contributed by atoms with Crippen molar-refractivity contribution in [1.82, 2.24) is 0 Å². The average Bonchev–Trinajstić information content (AvgIpc) is 2.49. The van der Waals surface area contributed by atoms with E-state index < -0.39 is 11.8 Å². The summed E-state index contributed by atoms with van der Waals surface area (Å²) in [6, 6.07) is 0. The normalized spacial score (nSPS) is 29.3. The standard InChI is InChI=1S/C11H16O4/c1-5-8-9(6-7-10(12)13-4)15-11(2,3)14-8/h5-9H,1H2,2-4H3/b7-6+/t8-,9+/m1/s1. The van der Waals surface area contributed by atoms with Crippen LogP contribution in [0.15, 0.2) is 24.8 Å². The van der Waals surface area contributed by atoms with Crippen LogP contribution in [0.4, 0.5) is 0 Å². The number of hydrogen-bond donors (Lipinski definition) is 0. The fraction of sp³-hybridized carbons (Fsp3) is 0.545. The molecule has 0 unspecified atom stereocenters. The quantitative estimate of drug-likeness (QED) is 0.403. The molecule has 0 N–H and O–H groups in total. The highest BCUT2D eigenvalue weighted by molar-refractivity contribution is 5.81. The van der Waals surface area contributed by atoms with E-state index in [0.29, 0.717) is 0 Å². The topological polar surface area (TPSA) is 44.8 Å². The first-order valence-electron chi connectivity index (χ1n) is 4.73. The van der Waals surface area contributed by atoms with Crippen LogP contribution in [0, 0.1) is 0 Å². The first-order valence-corrected chi connectivity index (χ1v) is 4.73. The van der Waals surface area contributed by atoms with Crippen molar-refractivity contribution in [3.63, 3.8) is 0 Å². The van der Waals surface area contributed by atoms with E-state index in [1.165, 1.54) is 13.2 Å². The lowest BCUT2D eigenvalue weighted by molar-refractivity contribution is -0.139. The first kappa shape index (κ1) is 11.9. The second-order valence-electron chi connectivity index (χ2n) is 3.68. The van der Waals surface area contributed by atoms with E-state index in [0.717, 1.165) is 0 Å². The maximum Gasteiger partial charge on any atom is 0.330 e. The average molecular weight is 212 g/mol. The van der Waals surface area contributed by atoms with Crippen molar-refractivity contribution in [2.75, 3.05) is 7.11 Å². The molecule has 84 valence electrons. The van der Waals surface area contributed by atoms with Gasteiger partial charge in [-0.3, -0.25) is 0 Å². The van der Waals surface area contributed by atoms with Crippen LogP contribution in [0.5, 0.6) is 0 Å². The molecule has 1 saturated heterocycles. The van der Waals surface area contributed by atoms with E-state index in [1.807, 2.05) is 13.8 Å². The van der Waals surface area contributed by atoms with Crippen molar-refractivity contribution in [3.8, 4) is 0 Å². The number of carbonyl (C=O) groups is 1. The summed E-state index contributed by atoms with van der Waals surface area (Å²) in [7, 11) is 1.33. The third-order valence-electron chi connectivity index (χ3n) is 2.02. The predicted octanol–water partition coefficient (Wildman–Crippen LogP) is 1.42. The van der Waals surface area contributed by atoms with E-state index in [4.69, 9.17) is 9.47 Å². The molecule has 4 heteroatoms. The van der Waals surface area contributed by atoms with E-state index >= 15 is 0 Å². The van der Waals surface area contributed by atoms with Crippen LogP contribution in [-0.2, 0) is 19.0 Å². The van der Waals surface area contributed by atoms with Gasteiger partial charge in [-0.15, -0.1) is 6.58 Å². The summed E-state index contributed by atoms with van der Waals surface area (Å²) in [5.74, 6) is -1.06. The molecule has 0 spiro atoms. The highest BCUT2D eigenvalue weighted by atomic mass is 16.7. The molecule has 0 aromatic rings. The number of rotatable bonds is 3. The minimum atomic E-state index is -0.649. The Hall–Kier alpha value is -1.13. The highest BCUT2D eigenvalue weighted by Gasteiger charge is 2.38. The maximum atomic E-state index is 10.9. The van der Waals surface area contributed by atoms with Crippen LogP contribution in [0.3, 0.4) is 0 Å². The first-order chi connectivity index (χ1) is 6.98. The molecule has 1 aliphatic rings. The summed E-state index contributed by atoms with van der Waals surface area (Å²) in [6.07, 6.45) is 4.07. The van der Waals surface area contributed by atoms with Crippen LogP contribution < -0.4 is 0 Å². The molecule has 2 atom stereocenters. The Morgan fingerprint density at radius 1 is 1.40 bits per heavy atom. The summed E-state index contributed by atoms with van der Waals surface area (Å²) in [5, 5.41) is 0.